The molecule has 0 saturated carbocycles. The van der Waals surface area contributed by atoms with Gasteiger partial charge < -0.3 is 5.73 Å². The van der Waals surface area contributed by atoms with Crippen molar-refractivity contribution in [2.75, 3.05) is 25.9 Å². The highest BCUT2D eigenvalue weighted by molar-refractivity contribution is 7.90. The number of nitrogens with zero attached hydrogens (tertiary/aromatic N) is 1. The number of likely N-dealkylation sites (tertiary alicyclic amines) is 1. The Morgan fingerprint density at radius 1 is 1.30 bits per heavy atom. The van der Waals surface area contributed by atoms with Crippen LogP contribution in [-0.4, -0.2) is 39.2 Å². The molecule has 1 aromatic carbocycles. The molecular formula is C14H23ClN2O2S. The van der Waals surface area contributed by atoms with Crippen LogP contribution < -0.4 is 5.73 Å². The largest absolute Gasteiger partial charge is 0.330 e. The van der Waals surface area contributed by atoms with Crippen molar-refractivity contribution in [1.29, 1.82) is 0 Å². The SMILES string of the molecule is CC1(CN)CCN(Cc2ccc(S(C)(=O)=O)cc2)C1.Cl. The standard InChI is InChI=1S/C14H22N2O2S.ClH/c1-14(10-15)7-8-16(11-14)9-12-3-5-13(6-4-12)19(2,17)18;/h3-6H,7-11,15H2,1-2H3;1H. The monoisotopic (exact) mass is 318 g/mol. The molecule has 0 aromatic heterocycles. The predicted octanol–water partition coefficient (Wildman–Crippen LogP) is 1.68. The first-order valence-electron chi connectivity index (χ1n) is 6.54. The molecule has 6 heteroatoms. The fraction of sp³-hybridized carbons (Fsp3) is 0.571. The lowest BCUT2D eigenvalue weighted by Crippen LogP contribution is -2.31. The average molecular weight is 319 g/mol. The Morgan fingerprint density at radius 2 is 1.90 bits per heavy atom. The van der Waals surface area contributed by atoms with E-state index in [9.17, 15) is 8.42 Å². The average Bonchev–Trinajstić information content (AvgIpc) is 2.71. The van der Waals surface area contributed by atoms with E-state index in [1.54, 1.807) is 12.1 Å². The first-order valence-corrected chi connectivity index (χ1v) is 8.43. The van der Waals surface area contributed by atoms with Gasteiger partial charge in [-0.25, -0.2) is 8.42 Å². The second-order valence-electron chi connectivity index (χ2n) is 5.89. The third kappa shape index (κ3) is 4.19. The highest BCUT2D eigenvalue weighted by Crippen LogP contribution is 2.29. The van der Waals surface area contributed by atoms with Crippen molar-refractivity contribution >= 4 is 22.2 Å². The molecule has 20 heavy (non-hydrogen) atoms. The zero-order chi connectivity index (χ0) is 14.1. The topological polar surface area (TPSA) is 63.4 Å². The van der Waals surface area contributed by atoms with Gasteiger partial charge in [0.2, 0.25) is 0 Å². The van der Waals surface area contributed by atoms with Crippen LogP contribution in [0.3, 0.4) is 0 Å². The third-order valence-corrected chi connectivity index (χ3v) is 5.02. The predicted molar refractivity (Wildman–Crippen MR) is 83.9 cm³/mol. The summed E-state index contributed by atoms with van der Waals surface area (Å²) in [6.45, 7) is 5.87. The molecule has 1 unspecified atom stereocenters. The number of rotatable bonds is 4. The third-order valence-electron chi connectivity index (χ3n) is 3.89. The van der Waals surface area contributed by atoms with Gasteiger partial charge in [-0.1, -0.05) is 19.1 Å². The molecular weight excluding hydrogens is 296 g/mol. The molecule has 2 rings (SSSR count). The fourth-order valence-corrected chi connectivity index (χ4v) is 3.16. The van der Waals surface area contributed by atoms with Crippen LogP contribution in [-0.2, 0) is 16.4 Å². The molecule has 1 heterocycles. The highest BCUT2D eigenvalue weighted by Gasteiger charge is 2.32. The fourth-order valence-electron chi connectivity index (χ4n) is 2.53. The molecule has 0 radical (unpaired) electrons. The van der Waals surface area contributed by atoms with Crippen molar-refractivity contribution in [3.05, 3.63) is 29.8 Å². The second-order valence-corrected chi connectivity index (χ2v) is 7.91. The summed E-state index contributed by atoms with van der Waals surface area (Å²) in [5, 5.41) is 0. The zero-order valence-corrected chi connectivity index (χ0v) is 13.6. The molecule has 4 nitrogen and oxygen atoms in total. The minimum absolute atomic E-state index is 0. The van der Waals surface area contributed by atoms with Gasteiger partial charge in [0.05, 0.1) is 4.90 Å². The molecule has 1 fully saturated rings. The second kappa shape index (κ2) is 6.43. The highest BCUT2D eigenvalue weighted by atomic mass is 35.5. The van der Waals surface area contributed by atoms with Crippen molar-refractivity contribution in [3.8, 4) is 0 Å². The van der Waals surface area contributed by atoms with Crippen molar-refractivity contribution in [2.24, 2.45) is 11.1 Å². The molecule has 0 bridgehead atoms. The number of benzene rings is 1. The van der Waals surface area contributed by atoms with E-state index in [4.69, 9.17) is 5.73 Å². The Labute approximate surface area is 127 Å². The Kier molecular flexibility index (Phi) is 5.61. The van der Waals surface area contributed by atoms with Crippen molar-refractivity contribution in [1.82, 2.24) is 4.90 Å². The van der Waals surface area contributed by atoms with Gasteiger partial charge in [0, 0.05) is 19.3 Å². The number of hydrogen-bond acceptors (Lipinski definition) is 4. The summed E-state index contributed by atoms with van der Waals surface area (Å²) in [7, 11) is -3.10. The van der Waals surface area contributed by atoms with Crippen LogP contribution in [0.5, 0.6) is 0 Å². The maximum atomic E-state index is 11.4. The van der Waals surface area contributed by atoms with Gasteiger partial charge in [0.25, 0.3) is 0 Å². The van der Waals surface area contributed by atoms with Crippen LogP contribution in [0.4, 0.5) is 0 Å². The van der Waals surface area contributed by atoms with Gasteiger partial charge in [-0.15, -0.1) is 12.4 Å². The summed E-state index contributed by atoms with van der Waals surface area (Å²) in [5.74, 6) is 0. The minimum atomic E-state index is -3.10. The Bertz CT molecular complexity index is 545. The van der Waals surface area contributed by atoms with Crippen molar-refractivity contribution < 1.29 is 8.42 Å². The Morgan fingerprint density at radius 3 is 2.35 bits per heavy atom. The quantitative estimate of drug-likeness (QED) is 0.917. The van der Waals surface area contributed by atoms with Crippen molar-refractivity contribution in [2.45, 2.75) is 24.8 Å². The summed E-state index contributed by atoms with van der Waals surface area (Å²) in [6.07, 6.45) is 2.36. The molecule has 1 atom stereocenters. The summed E-state index contributed by atoms with van der Waals surface area (Å²) in [4.78, 5) is 2.76. The maximum absolute atomic E-state index is 11.4. The van der Waals surface area contributed by atoms with Gasteiger partial charge in [0.15, 0.2) is 9.84 Å². The van der Waals surface area contributed by atoms with Crippen LogP contribution in [0.2, 0.25) is 0 Å². The maximum Gasteiger partial charge on any atom is 0.175 e. The van der Waals surface area contributed by atoms with Gasteiger partial charge in [0.1, 0.15) is 0 Å². The summed E-state index contributed by atoms with van der Waals surface area (Å²) in [5.41, 5.74) is 7.17. The lowest BCUT2D eigenvalue weighted by molar-refractivity contribution is 0.274. The molecule has 2 N–H and O–H groups in total. The molecule has 0 spiro atoms. The zero-order valence-electron chi connectivity index (χ0n) is 12.0. The molecule has 0 aliphatic carbocycles. The van der Waals surface area contributed by atoms with Crippen LogP contribution in [0.25, 0.3) is 0 Å². The van der Waals surface area contributed by atoms with E-state index in [0.29, 0.717) is 4.90 Å². The lowest BCUT2D eigenvalue weighted by atomic mass is 9.90. The Balaban J connectivity index is 0.00000200. The van der Waals surface area contributed by atoms with E-state index in [1.807, 2.05) is 12.1 Å². The van der Waals surface area contributed by atoms with E-state index in [-0.39, 0.29) is 17.8 Å². The van der Waals surface area contributed by atoms with Crippen LogP contribution >= 0.6 is 12.4 Å². The molecule has 1 aliphatic rings. The van der Waals surface area contributed by atoms with Crippen LogP contribution in [0.15, 0.2) is 29.2 Å². The van der Waals surface area contributed by atoms with E-state index in [2.05, 4.69) is 11.8 Å². The Hall–Kier alpha value is -0.620. The first kappa shape index (κ1) is 17.4. The number of hydrogen-bond donors (Lipinski definition) is 1. The number of sulfone groups is 1. The first-order chi connectivity index (χ1) is 8.82. The van der Waals surface area contributed by atoms with Gasteiger partial charge >= 0.3 is 0 Å². The molecule has 1 saturated heterocycles. The molecule has 114 valence electrons. The molecule has 1 aromatic rings. The minimum Gasteiger partial charge on any atom is -0.330 e. The van der Waals surface area contributed by atoms with Crippen LogP contribution in [0.1, 0.15) is 18.9 Å². The van der Waals surface area contributed by atoms with Crippen LogP contribution in [0, 0.1) is 5.41 Å². The lowest BCUT2D eigenvalue weighted by Gasteiger charge is -2.22. The van der Waals surface area contributed by atoms with Gasteiger partial charge in [-0.2, -0.15) is 0 Å². The number of nitrogens with two attached hydrogens (primary N) is 1. The molecule has 0 amide bonds. The van der Waals surface area contributed by atoms with E-state index in [0.717, 1.165) is 38.2 Å². The van der Waals surface area contributed by atoms with E-state index >= 15 is 0 Å². The normalized spacial score (nSPS) is 23.6. The van der Waals surface area contributed by atoms with E-state index in [1.165, 1.54) is 6.26 Å². The van der Waals surface area contributed by atoms with Gasteiger partial charge in [-0.3, -0.25) is 4.90 Å². The summed E-state index contributed by atoms with van der Waals surface area (Å²) >= 11 is 0. The summed E-state index contributed by atoms with van der Waals surface area (Å²) in [6, 6.07) is 7.16. The van der Waals surface area contributed by atoms with Gasteiger partial charge in [-0.05, 0) is 42.6 Å². The summed E-state index contributed by atoms with van der Waals surface area (Å²) < 4.78 is 22.8. The van der Waals surface area contributed by atoms with E-state index < -0.39 is 9.84 Å². The number of halogens is 1. The molecule has 1 aliphatic heterocycles. The van der Waals surface area contributed by atoms with Crippen molar-refractivity contribution in [3.63, 3.8) is 0 Å². The smallest absolute Gasteiger partial charge is 0.175 e.